The highest BCUT2D eigenvalue weighted by Gasteiger charge is 2.20. The van der Waals surface area contributed by atoms with Crippen LogP contribution in [0.3, 0.4) is 0 Å². The second-order valence-electron chi connectivity index (χ2n) is 5.91. The van der Waals surface area contributed by atoms with Crippen molar-refractivity contribution in [2.75, 3.05) is 0 Å². The largest absolute Gasteiger partial charge is 0.404 e. The van der Waals surface area contributed by atoms with Crippen molar-refractivity contribution in [1.82, 2.24) is 15.0 Å². The molecule has 3 aromatic rings. The van der Waals surface area contributed by atoms with E-state index in [-0.39, 0.29) is 0 Å². The van der Waals surface area contributed by atoms with E-state index in [2.05, 4.69) is 32.0 Å². The van der Waals surface area contributed by atoms with Crippen molar-refractivity contribution in [2.24, 2.45) is 10.9 Å². The average Bonchev–Trinajstić information content (AvgIpc) is 3.27. The van der Waals surface area contributed by atoms with Gasteiger partial charge in [-0.1, -0.05) is 12.1 Å². The van der Waals surface area contributed by atoms with Gasteiger partial charge in [0.05, 0.1) is 17.9 Å². The number of benzene rings is 1. The van der Waals surface area contributed by atoms with Crippen LogP contribution in [-0.4, -0.2) is 26.0 Å². The van der Waals surface area contributed by atoms with Crippen LogP contribution in [0.5, 0.6) is 0 Å². The Morgan fingerprint density at radius 3 is 2.76 bits per heavy atom. The number of aryl methyl sites for hydroxylation is 1. The minimum absolute atomic E-state index is 0.350. The molecule has 0 spiro atoms. The summed E-state index contributed by atoms with van der Waals surface area (Å²) in [5.41, 5.74) is 12.9. The topological polar surface area (TPSA) is 100 Å². The number of imidazole rings is 1. The minimum Gasteiger partial charge on any atom is -0.404 e. The predicted molar refractivity (Wildman–Crippen MR) is 96.1 cm³/mol. The van der Waals surface area contributed by atoms with Crippen molar-refractivity contribution in [3.05, 3.63) is 59.7 Å². The number of nitrogens with one attached hydrogen (secondary N) is 1. The average molecular weight is 331 g/mol. The molecule has 4 N–H and O–H groups in total. The highest BCUT2D eigenvalue weighted by molar-refractivity contribution is 5.93. The van der Waals surface area contributed by atoms with Gasteiger partial charge in [0, 0.05) is 35.0 Å². The molecule has 1 aliphatic carbocycles. The van der Waals surface area contributed by atoms with Crippen molar-refractivity contribution in [3.8, 4) is 22.5 Å². The summed E-state index contributed by atoms with van der Waals surface area (Å²) < 4.78 is 0. The Kier molecular flexibility index (Phi) is 3.90. The van der Waals surface area contributed by atoms with Crippen LogP contribution < -0.4 is 5.73 Å². The van der Waals surface area contributed by atoms with Gasteiger partial charge in [0.15, 0.2) is 0 Å². The maximum absolute atomic E-state index is 8.74. The molecule has 0 atom stereocenters. The van der Waals surface area contributed by atoms with E-state index < -0.39 is 0 Å². The van der Waals surface area contributed by atoms with Gasteiger partial charge in [-0.05, 0) is 47.3 Å². The zero-order chi connectivity index (χ0) is 17.2. The van der Waals surface area contributed by atoms with Crippen molar-refractivity contribution < 1.29 is 5.21 Å². The second-order valence-corrected chi connectivity index (χ2v) is 5.91. The molecule has 0 saturated heterocycles. The van der Waals surface area contributed by atoms with Gasteiger partial charge in [0.25, 0.3) is 0 Å². The van der Waals surface area contributed by atoms with Crippen LogP contribution >= 0.6 is 0 Å². The smallest absolute Gasteiger partial charge is 0.121 e. The third-order valence-corrected chi connectivity index (χ3v) is 4.45. The third kappa shape index (κ3) is 2.74. The van der Waals surface area contributed by atoms with Crippen LogP contribution in [0.25, 0.3) is 28.1 Å². The molecule has 1 aromatic carbocycles. The van der Waals surface area contributed by atoms with Crippen LogP contribution in [-0.2, 0) is 13.0 Å². The molecule has 6 nitrogen and oxygen atoms in total. The lowest BCUT2D eigenvalue weighted by molar-refractivity contribution is 0.323. The maximum atomic E-state index is 8.74. The monoisotopic (exact) mass is 331 g/mol. The number of allylic oxidation sites excluding steroid dienone is 1. The molecule has 124 valence electrons. The van der Waals surface area contributed by atoms with Crippen molar-refractivity contribution in [3.63, 3.8) is 0 Å². The number of pyridine rings is 1. The molecule has 1 aliphatic rings. The molecular formula is C19H17N5O. The molecule has 0 amide bonds. The van der Waals surface area contributed by atoms with Crippen LogP contribution in [0, 0.1) is 0 Å². The quantitative estimate of drug-likeness (QED) is 0.390. The molecule has 2 aromatic heterocycles. The van der Waals surface area contributed by atoms with Gasteiger partial charge in [0.2, 0.25) is 0 Å². The standard InChI is InChI=1S/C19H17N5O/c20-10-17-23-18(12-5-7-21-8-6-12)19(24-17)14-3-4-16-13(9-14)1-2-15(16)11-22-25/h3-9,25H,1-2,10,20H2,(H,23,24). The number of aromatic nitrogens is 3. The number of nitrogens with two attached hydrogens (primary N) is 1. The van der Waals surface area contributed by atoms with Crippen LogP contribution in [0.2, 0.25) is 0 Å². The summed E-state index contributed by atoms with van der Waals surface area (Å²) in [6.07, 6.45) is 5.25. The fourth-order valence-electron chi connectivity index (χ4n) is 3.27. The van der Waals surface area contributed by atoms with E-state index in [9.17, 15) is 0 Å². The molecular weight excluding hydrogens is 314 g/mol. The minimum atomic E-state index is 0.350. The molecule has 6 heteroatoms. The maximum Gasteiger partial charge on any atom is 0.121 e. The van der Waals surface area contributed by atoms with Crippen molar-refractivity contribution in [2.45, 2.75) is 19.4 Å². The predicted octanol–water partition coefficient (Wildman–Crippen LogP) is 2.99. The van der Waals surface area contributed by atoms with Crippen molar-refractivity contribution in [1.29, 1.82) is 0 Å². The lowest BCUT2D eigenvalue weighted by atomic mass is 10.0. The number of nitrogens with zero attached hydrogens (tertiary/aromatic N) is 3. The molecule has 0 fully saturated rings. The third-order valence-electron chi connectivity index (χ3n) is 4.45. The first-order valence-electron chi connectivity index (χ1n) is 8.09. The van der Waals surface area contributed by atoms with Crippen LogP contribution in [0.4, 0.5) is 0 Å². The van der Waals surface area contributed by atoms with E-state index in [0.29, 0.717) is 6.54 Å². The van der Waals surface area contributed by atoms with E-state index in [1.54, 1.807) is 12.4 Å². The fourth-order valence-corrected chi connectivity index (χ4v) is 3.27. The Morgan fingerprint density at radius 2 is 2.00 bits per heavy atom. The summed E-state index contributed by atoms with van der Waals surface area (Å²) in [4.78, 5) is 12.1. The number of rotatable bonds is 3. The zero-order valence-electron chi connectivity index (χ0n) is 13.5. The normalized spacial score (nSPS) is 12.8. The Balaban J connectivity index is 1.84. The molecule has 0 radical (unpaired) electrons. The number of hydrogen-bond donors (Lipinski definition) is 3. The number of fused-ring (bicyclic) bond motifs is 1. The number of H-pyrrole nitrogens is 1. The van der Waals surface area contributed by atoms with E-state index >= 15 is 0 Å². The van der Waals surface area contributed by atoms with Gasteiger partial charge in [-0.25, -0.2) is 4.98 Å². The van der Waals surface area contributed by atoms with Gasteiger partial charge >= 0.3 is 0 Å². The lowest BCUT2D eigenvalue weighted by Crippen LogP contribution is -1.98. The summed E-state index contributed by atoms with van der Waals surface area (Å²) in [5.74, 6) is 3.41. The van der Waals surface area contributed by atoms with Gasteiger partial charge in [-0.15, -0.1) is 0 Å². The molecule has 0 saturated carbocycles. The molecule has 4 rings (SSSR count). The Morgan fingerprint density at radius 1 is 1.16 bits per heavy atom. The Hall–Kier alpha value is -3.21. The van der Waals surface area contributed by atoms with E-state index in [1.807, 2.05) is 24.3 Å². The molecule has 0 aliphatic heterocycles. The van der Waals surface area contributed by atoms with Gasteiger partial charge in [-0.2, -0.15) is 0 Å². The Labute approximate surface area is 144 Å². The molecule has 2 heterocycles. The summed E-state index contributed by atoms with van der Waals surface area (Å²) >= 11 is 0. The summed E-state index contributed by atoms with van der Waals surface area (Å²) in [6, 6.07) is 10.1. The number of hydrogen-bond acceptors (Lipinski definition) is 5. The van der Waals surface area contributed by atoms with E-state index in [1.165, 1.54) is 5.56 Å². The molecule has 0 bridgehead atoms. The summed E-state index contributed by atoms with van der Waals surface area (Å²) in [5, 5.41) is 11.8. The Bertz CT molecular complexity index is 984. The van der Waals surface area contributed by atoms with Gasteiger partial charge in [0.1, 0.15) is 5.82 Å². The number of aromatic amines is 1. The lowest BCUT2D eigenvalue weighted by Gasteiger charge is -2.06. The summed E-state index contributed by atoms with van der Waals surface area (Å²) in [7, 11) is 0. The van der Waals surface area contributed by atoms with E-state index in [4.69, 9.17) is 10.9 Å². The van der Waals surface area contributed by atoms with Crippen LogP contribution in [0.1, 0.15) is 23.4 Å². The van der Waals surface area contributed by atoms with E-state index in [0.717, 1.165) is 52.3 Å². The van der Waals surface area contributed by atoms with Gasteiger partial charge in [-0.3, -0.25) is 4.98 Å². The first-order valence-corrected chi connectivity index (χ1v) is 8.09. The highest BCUT2D eigenvalue weighted by Crippen LogP contribution is 2.36. The second kappa shape index (κ2) is 6.36. The van der Waals surface area contributed by atoms with Crippen molar-refractivity contribution >= 4 is 11.4 Å². The highest BCUT2D eigenvalue weighted by atomic mass is 16.4. The zero-order valence-corrected chi connectivity index (χ0v) is 13.5. The van der Waals surface area contributed by atoms with Crippen LogP contribution in [0.15, 0.2) is 47.9 Å². The first kappa shape index (κ1) is 15.3. The SMILES string of the molecule is NCc1nc(-c2ccc3c(c2)CCC3=C=NO)c(-c2ccncc2)[nH]1. The first-order chi connectivity index (χ1) is 12.3. The molecule has 25 heavy (non-hydrogen) atoms. The summed E-state index contributed by atoms with van der Waals surface area (Å²) in [6.45, 7) is 0.350. The fraction of sp³-hybridized carbons (Fsp3) is 0.158. The molecule has 0 unspecified atom stereocenters. The van der Waals surface area contributed by atoms with Gasteiger partial charge < -0.3 is 15.9 Å².